The zero-order valence-corrected chi connectivity index (χ0v) is 11.1. The molecule has 0 unspecified atom stereocenters. The quantitative estimate of drug-likeness (QED) is 0.709. The molecule has 2 nitrogen and oxygen atoms in total. The second kappa shape index (κ2) is 4.12. The minimum absolute atomic E-state index is 0.799. The Hall–Kier alpha value is -1.77. The van der Waals surface area contributed by atoms with E-state index in [-0.39, 0.29) is 0 Å². The average Bonchev–Trinajstić information content (AvgIpc) is 3.00. The maximum absolute atomic E-state index is 6.15. The van der Waals surface area contributed by atoms with Crippen LogP contribution in [0.3, 0.4) is 0 Å². The molecule has 1 aliphatic rings. The lowest BCUT2D eigenvalue weighted by molar-refractivity contribution is 0.747. The molecule has 94 valence electrons. The van der Waals surface area contributed by atoms with Crippen LogP contribution in [0.4, 0.5) is 0 Å². The molecular formula is C16H13ClN2. The van der Waals surface area contributed by atoms with Crippen LogP contribution in [-0.2, 0) is 13.1 Å². The zero-order chi connectivity index (χ0) is 12.8. The predicted molar refractivity (Wildman–Crippen MR) is 78.8 cm³/mol. The van der Waals surface area contributed by atoms with E-state index in [0.717, 1.165) is 18.1 Å². The van der Waals surface area contributed by atoms with Crippen LogP contribution in [0.2, 0.25) is 5.02 Å². The van der Waals surface area contributed by atoms with E-state index in [1.807, 2.05) is 12.1 Å². The van der Waals surface area contributed by atoms with Crippen molar-refractivity contribution in [2.45, 2.75) is 13.1 Å². The summed E-state index contributed by atoms with van der Waals surface area (Å²) in [4.78, 5) is 0. The molecule has 0 saturated heterocycles. The van der Waals surface area contributed by atoms with Gasteiger partial charge in [0.15, 0.2) is 0 Å². The summed E-state index contributed by atoms with van der Waals surface area (Å²) in [6, 6.07) is 16.6. The van der Waals surface area contributed by atoms with Gasteiger partial charge in [0.1, 0.15) is 0 Å². The van der Waals surface area contributed by atoms with E-state index < -0.39 is 0 Å². The van der Waals surface area contributed by atoms with Crippen LogP contribution >= 0.6 is 11.6 Å². The van der Waals surface area contributed by atoms with Crippen LogP contribution in [0, 0.1) is 0 Å². The number of halogens is 1. The van der Waals surface area contributed by atoms with E-state index >= 15 is 0 Å². The first-order valence-corrected chi connectivity index (χ1v) is 6.80. The van der Waals surface area contributed by atoms with E-state index in [2.05, 4.69) is 46.3 Å². The van der Waals surface area contributed by atoms with Crippen LogP contribution in [0.25, 0.3) is 16.6 Å². The number of fused-ring (bicyclic) bond motifs is 3. The lowest BCUT2D eigenvalue weighted by atomic mass is 10.1. The number of benzene rings is 2. The molecule has 0 fully saturated rings. The summed E-state index contributed by atoms with van der Waals surface area (Å²) in [5, 5.41) is 5.48. The summed E-state index contributed by atoms with van der Waals surface area (Å²) >= 11 is 6.15. The van der Waals surface area contributed by atoms with E-state index in [1.165, 1.54) is 27.8 Å². The summed E-state index contributed by atoms with van der Waals surface area (Å²) in [5.74, 6) is 0. The fourth-order valence-corrected chi connectivity index (χ4v) is 3.11. The van der Waals surface area contributed by atoms with Crippen molar-refractivity contribution in [2.24, 2.45) is 0 Å². The number of nitrogens with zero attached hydrogens (tertiary/aromatic N) is 1. The Kier molecular flexibility index (Phi) is 2.40. The van der Waals surface area contributed by atoms with Crippen molar-refractivity contribution in [1.82, 2.24) is 9.88 Å². The molecule has 2 aromatic carbocycles. The Morgan fingerprint density at radius 2 is 1.84 bits per heavy atom. The molecule has 19 heavy (non-hydrogen) atoms. The summed E-state index contributed by atoms with van der Waals surface area (Å²) < 4.78 is 2.33. The zero-order valence-electron chi connectivity index (χ0n) is 10.4. The third-order valence-corrected chi connectivity index (χ3v) is 3.99. The van der Waals surface area contributed by atoms with Gasteiger partial charge in [0, 0.05) is 34.9 Å². The third-order valence-electron chi connectivity index (χ3n) is 3.75. The third kappa shape index (κ3) is 1.61. The number of hydrogen-bond donors (Lipinski definition) is 1. The molecule has 3 aromatic rings. The fourth-order valence-electron chi connectivity index (χ4n) is 2.94. The standard InChI is InChI=1S/C16H13ClN2/c17-11-6-7-15-13(8-11)14-9-18-10-16(14)19(15)12-4-2-1-3-5-12/h1-8,18H,9-10H2. The maximum Gasteiger partial charge on any atom is 0.0536 e. The summed E-state index contributed by atoms with van der Waals surface area (Å²) in [7, 11) is 0. The van der Waals surface area contributed by atoms with Gasteiger partial charge in [0.25, 0.3) is 0 Å². The van der Waals surface area contributed by atoms with Crippen LogP contribution < -0.4 is 5.32 Å². The van der Waals surface area contributed by atoms with Gasteiger partial charge in [-0.3, -0.25) is 0 Å². The number of hydrogen-bond acceptors (Lipinski definition) is 1. The Balaban J connectivity index is 2.11. The molecule has 0 aliphatic carbocycles. The summed E-state index contributed by atoms with van der Waals surface area (Å²) in [6.45, 7) is 1.84. The first kappa shape index (κ1) is 11.1. The Morgan fingerprint density at radius 3 is 2.68 bits per heavy atom. The maximum atomic E-state index is 6.15. The summed E-state index contributed by atoms with van der Waals surface area (Å²) in [5.41, 5.74) is 5.17. The van der Waals surface area contributed by atoms with Crippen LogP contribution in [0.5, 0.6) is 0 Å². The molecule has 0 atom stereocenters. The van der Waals surface area contributed by atoms with Gasteiger partial charge in [-0.2, -0.15) is 0 Å². The van der Waals surface area contributed by atoms with Crippen molar-refractivity contribution in [1.29, 1.82) is 0 Å². The van der Waals surface area contributed by atoms with Crippen LogP contribution in [0.1, 0.15) is 11.3 Å². The molecular weight excluding hydrogens is 256 g/mol. The smallest absolute Gasteiger partial charge is 0.0536 e. The highest BCUT2D eigenvalue weighted by molar-refractivity contribution is 6.31. The van der Waals surface area contributed by atoms with E-state index in [0.29, 0.717) is 0 Å². The van der Waals surface area contributed by atoms with E-state index in [4.69, 9.17) is 11.6 Å². The normalized spacial score (nSPS) is 13.9. The largest absolute Gasteiger partial charge is 0.312 e. The average molecular weight is 269 g/mol. The van der Waals surface area contributed by atoms with Gasteiger partial charge in [0.2, 0.25) is 0 Å². The number of para-hydroxylation sites is 1. The van der Waals surface area contributed by atoms with Gasteiger partial charge in [-0.1, -0.05) is 29.8 Å². The molecule has 4 rings (SSSR count). The topological polar surface area (TPSA) is 17.0 Å². The lowest BCUT2D eigenvalue weighted by Gasteiger charge is -2.09. The highest BCUT2D eigenvalue weighted by atomic mass is 35.5. The molecule has 0 spiro atoms. The van der Waals surface area contributed by atoms with Crippen molar-refractivity contribution in [3.63, 3.8) is 0 Å². The number of nitrogens with one attached hydrogen (secondary N) is 1. The van der Waals surface area contributed by atoms with Crippen molar-refractivity contribution in [3.05, 3.63) is 64.8 Å². The van der Waals surface area contributed by atoms with Crippen molar-refractivity contribution >= 4 is 22.5 Å². The van der Waals surface area contributed by atoms with E-state index in [9.17, 15) is 0 Å². The van der Waals surface area contributed by atoms with Gasteiger partial charge in [-0.25, -0.2) is 0 Å². The molecule has 2 heterocycles. The molecule has 0 bridgehead atoms. The van der Waals surface area contributed by atoms with Crippen molar-refractivity contribution in [3.8, 4) is 5.69 Å². The van der Waals surface area contributed by atoms with E-state index in [1.54, 1.807) is 0 Å². The van der Waals surface area contributed by atoms with Gasteiger partial charge in [-0.05, 0) is 35.9 Å². The Labute approximate surface area is 116 Å². The van der Waals surface area contributed by atoms with Crippen LogP contribution in [0.15, 0.2) is 48.5 Å². The predicted octanol–water partition coefficient (Wildman–Crippen LogP) is 3.89. The van der Waals surface area contributed by atoms with Crippen LogP contribution in [-0.4, -0.2) is 4.57 Å². The highest BCUT2D eigenvalue weighted by Gasteiger charge is 2.21. The minimum Gasteiger partial charge on any atom is -0.312 e. The minimum atomic E-state index is 0.799. The molecule has 1 aliphatic heterocycles. The lowest BCUT2D eigenvalue weighted by Crippen LogP contribution is -2.06. The molecule has 1 aromatic heterocycles. The Morgan fingerprint density at radius 1 is 1.00 bits per heavy atom. The first-order valence-electron chi connectivity index (χ1n) is 6.42. The molecule has 0 saturated carbocycles. The second-order valence-electron chi connectivity index (χ2n) is 4.86. The second-order valence-corrected chi connectivity index (χ2v) is 5.30. The van der Waals surface area contributed by atoms with Gasteiger partial charge in [0.05, 0.1) is 5.52 Å². The molecule has 1 N–H and O–H groups in total. The summed E-state index contributed by atoms with van der Waals surface area (Å²) in [6.07, 6.45) is 0. The Bertz CT molecular complexity index is 759. The SMILES string of the molecule is Clc1ccc2c(c1)c1c(n2-c2ccccc2)CNC1. The molecule has 0 radical (unpaired) electrons. The number of rotatable bonds is 1. The van der Waals surface area contributed by atoms with Crippen molar-refractivity contribution < 1.29 is 0 Å². The van der Waals surface area contributed by atoms with Gasteiger partial charge >= 0.3 is 0 Å². The van der Waals surface area contributed by atoms with Crippen molar-refractivity contribution in [2.75, 3.05) is 0 Å². The number of aromatic nitrogens is 1. The van der Waals surface area contributed by atoms with Gasteiger partial charge < -0.3 is 9.88 Å². The highest BCUT2D eigenvalue weighted by Crippen LogP contribution is 2.33. The first-order chi connectivity index (χ1) is 9.34. The van der Waals surface area contributed by atoms with Gasteiger partial charge in [-0.15, -0.1) is 0 Å². The monoisotopic (exact) mass is 268 g/mol. The fraction of sp³-hybridized carbons (Fsp3) is 0.125. The molecule has 0 amide bonds. The molecule has 3 heteroatoms.